The molecule has 3 nitrogen and oxygen atoms in total. The van der Waals surface area contributed by atoms with Crippen molar-refractivity contribution in [1.82, 2.24) is 10.6 Å². The number of hydrogen-bond acceptors (Lipinski definition) is 2. The van der Waals surface area contributed by atoms with Gasteiger partial charge in [-0.05, 0) is 50.4 Å². The number of hydrogen-bond donors (Lipinski definition) is 2. The van der Waals surface area contributed by atoms with Crippen LogP contribution in [0.1, 0.15) is 39.2 Å². The number of carbonyl (C=O) groups excluding carboxylic acids is 1. The minimum absolute atomic E-state index is 0.0471. The van der Waals surface area contributed by atoms with E-state index < -0.39 is 0 Å². The maximum absolute atomic E-state index is 12.0. The van der Waals surface area contributed by atoms with Gasteiger partial charge in [-0.2, -0.15) is 0 Å². The predicted molar refractivity (Wildman–Crippen MR) is 90.1 cm³/mol. The summed E-state index contributed by atoms with van der Waals surface area (Å²) in [6, 6.07) is 5.53. The molecule has 5 heteroatoms. The maximum atomic E-state index is 12.0. The van der Waals surface area contributed by atoms with Crippen LogP contribution in [0.3, 0.4) is 0 Å². The molecule has 2 N–H and O–H groups in total. The third kappa shape index (κ3) is 6.25. The van der Waals surface area contributed by atoms with Gasteiger partial charge < -0.3 is 10.6 Å². The molecule has 0 saturated heterocycles. The summed E-state index contributed by atoms with van der Waals surface area (Å²) in [5, 5.41) is 7.56. The first-order valence-corrected chi connectivity index (χ1v) is 8.21. The summed E-state index contributed by atoms with van der Waals surface area (Å²) in [7, 11) is 0. The summed E-state index contributed by atoms with van der Waals surface area (Å²) in [5.74, 6) is 0.0471. The van der Waals surface area contributed by atoms with Crippen LogP contribution in [0.15, 0.2) is 18.2 Å². The molecule has 0 aliphatic heterocycles. The largest absolute Gasteiger partial charge is 0.352 e. The summed E-state index contributed by atoms with van der Waals surface area (Å²) >= 11 is 12.0. The Kier molecular flexibility index (Phi) is 8.09. The van der Waals surface area contributed by atoms with Gasteiger partial charge in [0.2, 0.25) is 5.91 Å². The van der Waals surface area contributed by atoms with Crippen molar-refractivity contribution in [2.75, 3.05) is 6.54 Å². The van der Waals surface area contributed by atoms with Crippen LogP contribution in [0, 0.1) is 0 Å². The Morgan fingerprint density at radius 3 is 2.48 bits per heavy atom. The molecule has 1 aromatic carbocycles. The Morgan fingerprint density at radius 2 is 1.90 bits per heavy atom. The van der Waals surface area contributed by atoms with Gasteiger partial charge in [0, 0.05) is 16.1 Å². The van der Waals surface area contributed by atoms with Gasteiger partial charge in [0.15, 0.2) is 0 Å². The molecule has 0 bridgehead atoms. The van der Waals surface area contributed by atoms with Gasteiger partial charge in [-0.25, -0.2) is 0 Å². The highest BCUT2D eigenvalue weighted by Gasteiger charge is 2.15. The van der Waals surface area contributed by atoms with E-state index in [0.29, 0.717) is 16.6 Å². The molecular formula is C16H24Cl2N2O. The monoisotopic (exact) mass is 330 g/mol. The van der Waals surface area contributed by atoms with Crippen molar-refractivity contribution in [3.8, 4) is 0 Å². The van der Waals surface area contributed by atoms with Crippen molar-refractivity contribution in [1.29, 1.82) is 0 Å². The Balaban J connectivity index is 2.39. The molecule has 0 spiro atoms. The van der Waals surface area contributed by atoms with Crippen LogP contribution in [0.2, 0.25) is 10.0 Å². The van der Waals surface area contributed by atoms with Crippen LogP contribution in [-0.4, -0.2) is 24.5 Å². The van der Waals surface area contributed by atoms with Crippen molar-refractivity contribution in [3.63, 3.8) is 0 Å². The van der Waals surface area contributed by atoms with E-state index in [9.17, 15) is 4.79 Å². The molecule has 0 heterocycles. The third-order valence-electron chi connectivity index (χ3n) is 3.59. The Bertz CT molecular complexity index is 462. The Hall–Kier alpha value is -0.770. The van der Waals surface area contributed by atoms with Crippen molar-refractivity contribution in [3.05, 3.63) is 33.8 Å². The van der Waals surface area contributed by atoms with E-state index in [1.165, 1.54) is 0 Å². The zero-order valence-electron chi connectivity index (χ0n) is 12.9. The molecule has 1 unspecified atom stereocenters. The molecule has 0 aliphatic carbocycles. The summed E-state index contributed by atoms with van der Waals surface area (Å²) in [6.45, 7) is 6.73. The molecular weight excluding hydrogens is 307 g/mol. The first-order chi connectivity index (χ1) is 9.97. The second-order valence-corrected chi connectivity index (χ2v) is 6.03. The lowest BCUT2D eigenvalue weighted by molar-refractivity contribution is -0.123. The van der Waals surface area contributed by atoms with E-state index in [1.807, 2.05) is 19.1 Å². The van der Waals surface area contributed by atoms with E-state index in [4.69, 9.17) is 23.2 Å². The van der Waals surface area contributed by atoms with Gasteiger partial charge in [0.25, 0.3) is 0 Å². The number of halogens is 2. The fraction of sp³-hybridized carbons (Fsp3) is 0.562. The molecule has 21 heavy (non-hydrogen) atoms. The number of carbonyl (C=O) groups is 1. The van der Waals surface area contributed by atoms with Gasteiger partial charge in [-0.1, -0.05) is 43.1 Å². The smallest absolute Gasteiger partial charge is 0.237 e. The van der Waals surface area contributed by atoms with E-state index in [2.05, 4.69) is 24.5 Å². The lowest BCUT2D eigenvalue weighted by Gasteiger charge is -2.19. The quantitative estimate of drug-likeness (QED) is 0.760. The van der Waals surface area contributed by atoms with E-state index in [0.717, 1.165) is 24.8 Å². The number of rotatable bonds is 8. The highest BCUT2D eigenvalue weighted by molar-refractivity contribution is 6.35. The van der Waals surface area contributed by atoms with Crippen LogP contribution < -0.4 is 10.6 Å². The number of amides is 1. The van der Waals surface area contributed by atoms with E-state index in [-0.39, 0.29) is 18.0 Å². The SMILES string of the molecule is CCC(CC)NC(=O)C(C)NCCc1ccc(Cl)cc1Cl. The Morgan fingerprint density at radius 1 is 1.24 bits per heavy atom. The fourth-order valence-corrected chi connectivity index (χ4v) is 2.56. The van der Waals surface area contributed by atoms with Crippen LogP contribution in [0.25, 0.3) is 0 Å². The molecule has 1 aromatic rings. The van der Waals surface area contributed by atoms with Gasteiger partial charge in [0.05, 0.1) is 6.04 Å². The zero-order valence-corrected chi connectivity index (χ0v) is 14.4. The first kappa shape index (κ1) is 18.3. The van der Waals surface area contributed by atoms with E-state index >= 15 is 0 Å². The highest BCUT2D eigenvalue weighted by Crippen LogP contribution is 2.21. The molecule has 0 saturated carbocycles. The van der Waals surface area contributed by atoms with Gasteiger partial charge in [0.1, 0.15) is 0 Å². The van der Waals surface area contributed by atoms with Crippen LogP contribution in [-0.2, 0) is 11.2 Å². The molecule has 0 radical (unpaired) electrons. The second-order valence-electron chi connectivity index (χ2n) is 5.18. The Labute approximate surface area is 137 Å². The van der Waals surface area contributed by atoms with E-state index in [1.54, 1.807) is 6.07 Å². The van der Waals surface area contributed by atoms with Gasteiger partial charge >= 0.3 is 0 Å². The van der Waals surface area contributed by atoms with Gasteiger partial charge in [-0.3, -0.25) is 4.79 Å². The van der Waals surface area contributed by atoms with Crippen LogP contribution in [0.4, 0.5) is 0 Å². The van der Waals surface area contributed by atoms with Crippen molar-refractivity contribution >= 4 is 29.1 Å². The number of nitrogens with one attached hydrogen (secondary N) is 2. The van der Waals surface area contributed by atoms with Crippen LogP contribution >= 0.6 is 23.2 Å². The van der Waals surface area contributed by atoms with Gasteiger partial charge in [-0.15, -0.1) is 0 Å². The average molecular weight is 331 g/mol. The third-order valence-corrected chi connectivity index (χ3v) is 4.17. The maximum Gasteiger partial charge on any atom is 0.237 e. The minimum atomic E-state index is -0.211. The summed E-state index contributed by atoms with van der Waals surface area (Å²) in [6.07, 6.45) is 2.67. The topological polar surface area (TPSA) is 41.1 Å². The minimum Gasteiger partial charge on any atom is -0.352 e. The second kappa shape index (κ2) is 9.29. The van der Waals surface area contributed by atoms with Crippen LogP contribution in [0.5, 0.6) is 0 Å². The fourth-order valence-electron chi connectivity index (χ4n) is 2.06. The lowest BCUT2D eigenvalue weighted by atomic mass is 10.1. The molecule has 0 fully saturated rings. The predicted octanol–water partition coefficient (Wildman–Crippen LogP) is 3.82. The van der Waals surface area contributed by atoms with Crippen molar-refractivity contribution < 1.29 is 4.79 Å². The standard InChI is InChI=1S/C16H24Cl2N2O/c1-4-14(5-2)20-16(21)11(3)19-9-8-12-6-7-13(17)10-15(12)18/h6-7,10-11,14,19H,4-5,8-9H2,1-3H3,(H,20,21). The van der Waals surface area contributed by atoms with Crippen molar-refractivity contribution in [2.24, 2.45) is 0 Å². The summed E-state index contributed by atoms with van der Waals surface area (Å²) in [4.78, 5) is 12.0. The molecule has 1 rings (SSSR count). The van der Waals surface area contributed by atoms with Crippen molar-refractivity contribution in [2.45, 2.75) is 52.1 Å². The zero-order chi connectivity index (χ0) is 15.8. The number of benzene rings is 1. The molecule has 0 aliphatic rings. The first-order valence-electron chi connectivity index (χ1n) is 7.45. The molecule has 1 atom stereocenters. The average Bonchev–Trinajstić information content (AvgIpc) is 2.46. The normalized spacial score (nSPS) is 12.5. The highest BCUT2D eigenvalue weighted by atomic mass is 35.5. The summed E-state index contributed by atoms with van der Waals surface area (Å²) < 4.78 is 0. The molecule has 118 valence electrons. The lowest BCUT2D eigenvalue weighted by Crippen LogP contribution is -2.46. The summed E-state index contributed by atoms with van der Waals surface area (Å²) in [5.41, 5.74) is 1.03. The molecule has 1 amide bonds. The molecule has 0 aromatic heterocycles.